The molecule has 0 aliphatic carbocycles. The minimum atomic E-state index is -0.589. The number of ether oxygens (including phenoxy) is 1. The lowest BCUT2D eigenvalue weighted by Gasteiger charge is -2.05. The van der Waals surface area contributed by atoms with Gasteiger partial charge in [-0.25, -0.2) is 4.79 Å². The Bertz CT molecular complexity index is 692. The molecular formula is C13H9NO5S. The molecule has 7 heteroatoms. The number of rotatable bonds is 4. The smallest absolute Gasteiger partial charge is 0.338 e. The highest BCUT2D eigenvalue weighted by atomic mass is 32.1. The predicted molar refractivity (Wildman–Crippen MR) is 73.1 cm³/mol. The second kappa shape index (κ2) is 5.62. The van der Waals surface area contributed by atoms with Crippen molar-refractivity contribution in [3.63, 3.8) is 0 Å². The summed E-state index contributed by atoms with van der Waals surface area (Å²) >= 11 is 0.771. The maximum Gasteiger partial charge on any atom is 0.338 e. The Labute approximate surface area is 117 Å². The lowest BCUT2D eigenvalue weighted by molar-refractivity contribution is -0.379. The Morgan fingerprint density at radius 3 is 2.65 bits per heavy atom. The predicted octanol–water partition coefficient (Wildman–Crippen LogP) is 2.92. The molecule has 6 nitrogen and oxygen atoms in total. The van der Waals surface area contributed by atoms with Crippen LogP contribution in [0.1, 0.15) is 20.0 Å². The molecule has 20 heavy (non-hydrogen) atoms. The van der Waals surface area contributed by atoms with E-state index in [4.69, 9.17) is 0 Å². The number of carbonyl (C=O) groups excluding carboxylic acids is 2. The Balaban J connectivity index is 2.68. The Hall–Kier alpha value is -2.54. The van der Waals surface area contributed by atoms with Crippen molar-refractivity contribution in [2.24, 2.45) is 0 Å². The fourth-order valence-electron chi connectivity index (χ4n) is 1.79. The van der Waals surface area contributed by atoms with Gasteiger partial charge in [-0.05, 0) is 12.1 Å². The number of nitro groups is 1. The summed E-state index contributed by atoms with van der Waals surface area (Å²) in [6.45, 7) is 0. The summed E-state index contributed by atoms with van der Waals surface area (Å²) in [5.74, 6) is -0.589. The maximum absolute atomic E-state index is 11.7. The zero-order valence-electron chi connectivity index (χ0n) is 10.4. The van der Waals surface area contributed by atoms with E-state index in [0.717, 1.165) is 11.3 Å². The summed E-state index contributed by atoms with van der Waals surface area (Å²) in [4.78, 5) is 33.2. The molecule has 2 aromatic rings. The molecule has 0 aliphatic heterocycles. The number of esters is 1. The van der Waals surface area contributed by atoms with Gasteiger partial charge in [0, 0.05) is 5.56 Å². The first-order valence-corrected chi connectivity index (χ1v) is 6.31. The summed E-state index contributed by atoms with van der Waals surface area (Å²) in [6.07, 6.45) is 0.544. The van der Waals surface area contributed by atoms with Crippen LogP contribution in [0.15, 0.2) is 30.3 Å². The molecule has 1 heterocycles. The molecule has 0 radical (unpaired) electrons. The molecule has 0 unspecified atom stereocenters. The number of carbonyl (C=O) groups is 2. The van der Waals surface area contributed by atoms with Gasteiger partial charge in [-0.15, -0.1) is 0 Å². The first-order chi connectivity index (χ1) is 9.58. The molecule has 0 N–H and O–H groups in total. The zero-order valence-corrected chi connectivity index (χ0v) is 11.2. The molecule has 0 aliphatic rings. The quantitative estimate of drug-likeness (QED) is 0.374. The van der Waals surface area contributed by atoms with Gasteiger partial charge in [0.15, 0.2) is 6.29 Å². The van der Waals surface area contributed by atoms with Gasteiger partial charge in [-0.1, -0.05) is 29.5 Å². The van der Waals surface area contributed by atoms with Gasteiger partial charge < -0.3 is 4.74 Å². The van der Waals surface area contributed by atoms with Crippen molar-refractivity contribution < 1.29 is 19.2 Å². The van der Waals surface area contributed by atoms with Gasteiger partial charge in [0.05, 0.1) is 28.0 Å². The van der Waals surface area contributed by atoms with E-state index in [0.29, 0.717) is 11.8 Å². The third-order valence-electron chi connectivity index (χ3n) is 2.64. The van der Waals surface area contributed by atoms with Crippen molar-refractivity contribution in [3.8, 4) is 11.1 Å². The van der Waals surface area contributed by atoms with E-state index in [9.17, 15) is 19.7 Å². The number of hydrogen-bond acceptors (Lipinski definition) is 6. The highest BCUT2D eigenvalue weighted by Crippen LogP contribution is 2.38. The molecule has 102 valence electrons. The van der Waals surface area contributed by atoms with Crippen LogP contribution in [0.5, 0.6) is 0 Å². The third-order valence-corrected chi connectivity index (χ3v) is 3.65. The summed E-state index contributed by atoms with van der Waals surface area (Å²) in [5.41, 5.74) is 0.826. The average Bonchev–Trinajstić information content (AvgIpc) is 2.90. The van der Waals surface area contributed by atoms with Crippen molar-refractivity contribution in [2.45, 2.75) is 0 Å². The minimum absolute atomic E-state index is 0.177. The average molecular weight is 291 g/mol. The van der Waals surface area contributed by atoms with E-state index in [-0.39, 0.29) is 21.0 Å². The maximum atomic E-state index is 11.7. The summed E-state index contributed by atoms with van der Waals surface area (Å²) in [7, 11) is 1.23. The minimum Gasteiger partial charge on any atom is -0.465 e. The number of benzene rings is 1. The first kappa shape index (κ1) is 13.9. The van der Waals surface area contributed by atoms with Gasteiger partial charge in [0.1, 0.15) is 0 Å². The lowest BCUT2D eigenvalue weighted by atomic mass is 10.0. The van der Waals surface area contributed by atoms with E-state index in [1.165, 1.54) is 19.2 Å². The molecule has 0 saturated carbocycles. The monoisotopic (exact) mass is 291 g/mol. The van der Waals surface area contributed by atoms with E-state index in [1.54, 1.807) is 18.2 Å². The van der Waals surface area contributed by atoms with Crippen LogP contribution >= 0.6 is 11.3 Å². The van der Waals surface area contributed by atoms with Gasteiger partial charge in [0.2, 0.25) is 0 Å². The van der Waals surface area contributed by atoms with Crippen molar-refractivity contribution in [1.82, 2.24) is 0 Å². The first-order valence-electron chi connectivity index (χ1n) is 5.49. The van der Waals surface area contributed by atoms with E-state index in [1.807, 2.05) is 0 Å². The number of thiophene rings is 1. The largest absolute Gasteiger partial charge is 0.465 e. The van der Waals surface area contributed by atoms with Crippen LogP contribution in [0.4, 0.5) is 5.00 Å². The molecule has 0 atom stereocenters. The van der Waals surface area contributed by atoms with Gasteiger partial charge >= 0.3 is 11.0 Å². The Morgan fingerprint density at radius 1 is 1.35 bits per heavy atom. The van der Waals surface area contributed by atoms with Crippen molar-refractivity contribution in [3.05, 3.63) is 50.9 Å². The van der Waals surface area contributed by atoms with Gasteiger partial charge in [0.25, 0.3) is 0 Å². The fraction of sp³-hybridized carbons (Fsp3) is 0.0769. The topological polar surface area (TPSA) is 86.5 Å². The number of methoxy groups -OCH3 is 1. The summed E-state index contributed by atoms with van der Waals surface area (Å²) in [5, 5.41) is 10.9. The highest BCUT2D eigenvalue weighted by molar-refractivity contribution is 7.17. The molecule has 2 rings (SSSR count). The van der Waals surface area contributed by atoms with Crippen LogP contribution in [-0.4, -0.2) is 24.3 Å². The molecule has 0 fully saturated rings. The van der Waals surface area contributed by atoms with Crippen LogP contribution < -0.4 is 0 Å². The fourth-order valence-corrected chi connectivity index (χ4v) is 2.59. The van der Waals surface area contributed by atoms with Crippen molar-refractivity contribution in [1.29, 1.82) is 0 Å². The van der Waals surface area contributed by atoms with Crippen LogP contribution in [0.3, 0.4) is 0 Å². The van der Waals surface area contributed by atoms with E-state index < -0.39 is 10.9 Å². The summed E-state index contributed by atoms with van der Waals surface area (Å²) < 4.78 is 4.66. The zero-order chi connectivity index (χ0) is 14.7. The Kier molecular flexibility index (Phi) is 3.90. The SMILES string of the molecule is COC(=O)c1ccccc1-c1cc(C=O)sc1[N+](=O)[O-]. The standard InChI is InChI=1S/C13H9NO5S/c1-19-13(16)10-5-3-2-4-9(10)11-6-8(7-15)20-12(11)14(17)18/h2-7H,1H3. The molecule has 0 spiro atoms. The second-order valence-corrected chi connectivity index (χ2v) is 4.84. The molecular weight excluding hydrogens is 282 g/mol. The molecule has 0 bridgehead atoms. The lowest BCUT2D eigenvalue weighted by Crippen LogP contribution is -2.03. The normalized spacial score (nSPS) is 10.1. The number of hydrogen-bond donors (Lipinski definition) is 0. The van der Waals surface area contributed by atoms with Crippen LogP contribution in [0.2, 0.25) is 0 Å². The molecule has 0 saturated heterocycles. The summed E-state index contributed by atoms with van der Waals surface area (Å²) in [6, 6.07) is 7.79. The van der Waals surface area contributed by atoms with Gasteiger partial charge in [-0.2, -0.15) is 0 Å². The van der Waals surface area contributed by atoms with Crippen molar-refractivity contribution >= 4 is 28.6 Å². The van der Waals surface area contributed by atoms with E-state index >= 15 is 0 Å². The molecule has 1 aromatic heterocycles. The van der Waals surface area contributed by atoms with Crippen LogP contribution in [-0.2, 0) is 4.74 Å². The van der Waals surface area contributed by atoms with Crippen molar-refractivity contribution in [2.75, 3.05) is 7.11 Å². The second-order valence-electron chi connectivity index (χ2n) is 3.78. The Morgan fingerprint density at radius 2 is 2.05 bits per heavy atom. The molecule has 0 amide bonds. The van der Waals surface area contributed by atoms with E-state index in [2.05, 4.69) is 4.74 Å². The third kappa shape index (κ3) is 2.43. The van der Waals surface area contributed by atoms with Crippen LogP contribution in [0, 0.1) is 10.1 Å². The number of aldehydes is 1. The van der Waals surface area contributed by atoms with Gasteiger partial charge in [-0.3, -0.25) is 14.9 Å². The highest BCUT2D eigenvalue weighted by Gasteiger charge is 2.24. The van der Waals surface area contributed by atoms with Crippen LogP contribution in [0.25, 0.3) is 11.1 Å². The number of nitrogens with zero attached hydrogens (tertiary/aromatic N) is 1. The molecule has 1 aromatic carbocycles.